The molecule has 132 valence electrons. The quantitative estimate of drug-likeness (QED) is 0.788. The number of hydrogen-bond donors (Lipinski definition) is 0. The molecule has 1 aromatic rings. The van der Waals surface area contributed by atoms with Crippen molar-refractivity contribution in [2.45, 2.75) is 70.2 Å². The highest BCUT2D eigenvalue weighted by Crippen LogP contribution is 2.32. The second-order valence-corrected chi connectivity index (χ2v) is 7.70. The molecule has 0 aliphatic carbocycles. The Hall–Kier alpha value is -1.40. The molecule has 0 bridgehead atoms. The summed E-state index contributed by atoms with van der Waals surface area (Å²) in [7, 11) is 0. The Morgan fingerprint density at radius 3 is 3.04 bits per heavy atom. The Labute approximate surface area is 146 Å². The van der Waals surface area contributed by atoms with Gasteiger partial charge in [-0.1, -0.05) is 19.4 Å². The number of ketones is 1. The van der Waals surface area contributed by atoms with Gasteiger partial charge >= 0.3 is 6.09 Å². The van der Waals surface area contributed by atoms with Gasteiger partial charge in [-0.3, -0.25) is 9.69 Å². The van der Waals surface area contributed by atoms with Gasteiger partial charge in [-0.25, -0.2) is 4.79 Å². The van der Waals surface area contributed by atoms with Crippen molar-refractivity contribution in [1.82, 2.24) is 4.90 Å². The minimum atomic E-state index is -0.452. The van der Waals surface area contributed by atoms with Crippen LogP contribution in [0.2, 0.25) is 0 Å². The van der Waals surface area contributed by atoms with Crippen molar-refractivity contribution in [2.24, 2.45) is 0 Å². The predicted molar refractivity (Wildman–Crippen MR) is 92.3 cm³/mol. The van der Waals surface area contributed by atoms with Gasteiger partial charge in [0.15, 0.2) is 5.78 Å². The molecule has 2 saturated heterocycles. The van der Waals surface area contributed by atoms with Crippen LogP contribution in [0, 0.1) is 0 Å². The maximum absolute atomic E-state index is 12.7. The lowest BCUT2D eigenvalue weighted by molar-refractivity contribution is -0.121. The highest BCUT2D eigenvalue weighted by atomic mass is 32.1. The summed E-state index contributed by atoms with van der Waals surface area (Å²) < 4.78 is 11.3. The van der Waals surface area contributed by atoms with E-state index in [0.717, 1.165) is 25.7 Å². The van der Waals surface area contributed by atoms with Crippen LogP contribution in [0.15, 0.2) is 17.5 Å². The number of Topliss-reactive ketones (excluding diaryl/α,β-unsaturated/α-hetero) is 1. The molecule has 0 aromatic carbocycles. The number of fused-ring (bicyclic) bond motifs is 1. The van der Waals surface area contributed by atoms with Gasteiger partial charge in [0, 0.05) is 10.9 Å². The van der Waals surface area contributed by atoms with Crippen molar-refractivity contribution < 1.29 is 19.1 Å². The van der Waals surface area contributed by atoms with Crippen LogP contribution < -0.4 is 0 Å². The smallest absolute Gasteiger partial charge is 0.410 e. The summed E-state index contributed by atoms with van der Waals surface area (Å²) in [6.07, 6.45) is 3.63. The molecule has 0 spiro atoms. The van der Waals surface area contributed by atoms with Crippen LogP contribution in [0.1, 0.15) is 44.4 Å². The van der Waals surface area contributed by atoms with Gasteiger partial charge in [0.2, 0.25) is 0 Å². The van der Waals surface area contributed by atoms with Gasteiger partial charge in [-0.2, -0.15) is 0 Å². The second kappa shape index (κ2) is 7.66. The van der Waals surface area contributed by atoms with Crippen LogP contribution in [-0.2, 0) is 20.7 Å². The first-order valence-electron chi connectivity index (χ1n) is 8.75. The molecular weight excluding hydrogens is 326 g/mol. The molecule has 2 aliphatic rings. The average molecular weight is 351 g/mol. The molecule has 1 aromatic heterocycles. The van der Waals surface area contributed by atoms with Gasteiger partial charge in [-0.15, -0.1) is 11.3 Å². The van der Waals surface area contributed by atoms with E-state index in [-0.39, 0.29) is 36.7 Å². The van der Waals surface area contributed by atoms with Crippen LogP contribution in [0.25, 0.3) is 0 Å². The molecule has 4 atom stereocenters. The third-order valence-corrected chi connectivity index (χ3v) is 5.79. The van der Waals surface area contributed by atoms with E-state index in [4.69, 9.17) is 9.47 Å². The Balaban J connectivity index is 1.61. The molecule has 3 heterocycles. The van der Waals surface area contributed by atoms with Crippen LogP contribution in [0.5, 0.6) is 0 Å². The monoisotopic (exact) mass is 351 g/mol. The van der Waals surface area contributed by atoms with Gasteiger partial charge < -0.3 is 9.47 Å². The fourth-order valence-electron chi connectivity index (χ4n) is 3.67. The maximum atomic E-state index is 12.7. The summed E-state index contributed by atoms with van der Waals surface area (Å²) in [5.74, 6) is -0.00747. The summed E-state index contributed by atoms with van der Waals surface area (Å²) >= 11 is 1.73. The summed E-state index contributed by atoms with van der Waals surface area (Å²) in [6.45, 7) is 4.16. The lowest BCUT2D eigenvalue weighted by Crippen LogP contribution is -2.46. The second-order valence-electron chi connectivity index (χ2n) is 6.67. The van der Waals surface area contributed by atoms with E-state index in [2.05, 4.69) is 18.4 Å². The van der Waals surface area contributed by atoms with Crippen molar-refractivity contribution >= 4 is 23.2 Å². The molecule has 0 N–H and O–H groups in total. The molecule has 6 heteroatoms. The summed E-state index contributed by atoms with van der Waals surface area (Å²) in [5, 5.41) is 2.06. The van der Waals surface area contributed by atoms with Crippen LogP contribution in [-0.4, -0.2) is 47.7 Å². The van der Waals surface area contributed by atoms with Gasteiger partial charge in [0.1, 0.15) is 18.8 Å². The molecule has 0 saturated carbocycles. The van der Waals surface area contributed by atoms with Crippen LogP contribution in [0.3, 0.4) is 0 Å². The van der Waals surface area contributed by atoms with Gasteiger partial charge in [-0.05, 0) is 44.1 Å². The van der Waals surface area contributed by atoms with Gasteiger partial charge in [0.05, 0.1) is 6.10 Å². The van der Waals surface area contributed by atoms with Crippen molar-refractivity contribution in [1.29, 1.82) is 0 Å². The molecule has 2 unspecified atom stereocenters. The highest BCUT2D eigenvalue weighted by molar-refractivity contribution is 7.09. The Bertz CT molecular complexity index is 574. The number of carbonyl (C=O) groups is 2. The minimum absolute atomic E-state index is 0.00747. The van der Waals surface area contributed by atoms with Crippen molar-refractivity contribution in [3.05, 3.63) is 22.4 Å². The van der Waals surface area contributed by atoms with E-state index < -0.39 is 6.04 Å². The molecule has 0 radical (unpaired) electrons. The van der Waals surface area contributed by atoms with Crippen LogP contribution in [0.4, 0.5) is 4.79 Å². The van der Waals surface area contributed by atoms with Crippen molar-refractivity contribution in [3.63, 3.8) is 0 Å². The maximum Gasteiger partial charge on any atom is 0.410 e. The first-order chi connectivity index (χ1) is 11.6. The van der Waals surface area contributed by atoms with Crippen molar-refractivity contribution in [3.8, 4) is 0 Å². The van der Waals surface area contributed by atoms with E-state index in [9.17, 15) is 9.59 Å². The number of rotatable bonds is 6. The first kappa shape index (κ1) is 17.4. The number of nitrogens with zero attached hydrogens (tertiary/aromatic N) is 1. The fourth-order valence-corrected chi connectivity index (χ4v) is 4.39. The lowest BCUT2D eigenvalue weighted by Gasteiger charge is -2.28. The zero-order valence-corrected chi connectivity index (χ0v) is 15.1. The fraction of sp³-hybridized carbons (Fsp3) is 0.667. The topological polar surface area (TPSA) is 55.8 Å². The molecule has 2 fully saturated rings. The van der Waals surface area contributed by atoms with E-state index in [1.807, 2.05) is 13.0 Å². The van der Waals surface area contributed by atoms with Crippen molar-refractivity contribution in [2.75, 3.05) is 6.61 Å². The highest BCUT2D eigenvalue weighted by Gasteiger charge is 2.51. The molecule has 5 nitrogen and oxygen atoms in total. The summed E-state index contributed by atoms with van der Waals surface area (Å²) in [4.78, 5) is 27.6. The summed E-state index contributed by atoms with van der Waals surface area (Å²) in [6, 6.07) is 3.68. The van der Waals surface area contributed by atoms with Gasteiger partial charge in [0.25, 0.3) is 0 Å². The SMILES string of the molecule is CCCC(CCc1cccs1)OC(=O)N1C(C)C[C@H]2OCC(=O)[C@H]21. The van der Waals surface area contributed by atoms with E-state index >= 15 is 0 Å². The number of carbonyl (C=O) groups excluding carboxylic acids is 2. The number of amides is 1. The average Bonchev–Trinajstić information content (AvgIpc) is 3.24. The Morgan fingerprint density at radius 1 is 1.50 bits per heavy atom. The molecule has 1 amide bonds. The normalized spacial score (nSPS) is 27.3. The number of likely N-dealkylation sites (tertiary alicyclic amines) is 1. The molecule has 2 aliphatic heterocycles. The first-order valence-corrected chi connectivity index (χ1v) is 9.63. The number of thiophene rings is 1. The number of ether oxygens (including phenoxy) is 2. The number of hydrogen-bond acceptors (Lipinski definition) is 5. The van der Waals surface area contributed by atoms with E-state index in [1.54, 1.807) is 16.2 Å². The largest absolute Gasteiger partial charge is 0.446 e. The summed E-state index contributed by atoms with van der Waals surface area (Å²) in [5.41, 5.74) is 0. The Kier molecular flexibility index (Phi) is 5.56. The zero-order valence-electron chi connectivity index (χ0n) is 14.3. The third kappa shape index (κ3) is 3.64. The van der Waals surface area contributed by atoms with E-state index in [0.29, 0.717) is 6.42 Å². The molecular formula is C18H25NO4S. The zero-order chi connectivity index (χ0) is 17.1. The molecule has 3 rings (SSSR count). The Morgan fingerprint density at radius 2 is 2.33 bits per heavy atom. The van der Waals surface area contributed by atoms with Crippen LogP contribution >= 0.6 is 11.3 Å². The van der Waals surface area contributed by atoms with E-state index in [1.165, 1.54) is 4.88 Å². The molecule has 24 heavy (non-hydrogen) atoms. The predicted octanol–water partition coefficient (Wildman–Crippen LogP) is 3.42. The minimum Gasteiger partial charge on any atom is -0.446 e. The standard InChI is InChI=1S/C18H25NO4S/c1-3-5-13(7-8-14-6-4-9-24-14)23-18(21)19-12(2)10-16-17(19)15(20)11-22-16/h4,6,9,12-13,16-17H,3,5,7-8,10-11H2,1-2H3/t12?,13?,16-,17-/m1/s1. The third-order valence-electron chi connectivity index (χ3n) is 4.85. The lowest BCUT2D eigenvalue weighted by atomic mass is 10.1. The number of aryl methyl sites for hydroxylation is 1.